The van der Waals surface area contributed by atoms with Crippen molar-refractivity contribution in [2.75, 3.05) is 19.3 Å². The normalized spacial score (nSPS) is 13.0. The molecule has 0 fully saturated rings. The molecule has 0 saturated carbocycles. The number of hydrogen-bond acceptors (Lipinski definition) is 3. The van der Waals surface area contributed by atoms with Gasteiger partial charge in [0.25, 0.3) is 0 Å². The molecule has 0 spiro atoms. The van der Waals surface area contributed by atoms with Gasteiger partial charge in [0.2, 0.25) is 10.0 Å². The van der Waals surface area contributed by atoms with Crippen LogP contribution in [0.4, 0.5) is 4.39 Å². The van der Waals surface area contributed by atoms with Crippen molar-refractivity contribution >= 4 is 16.0 Å². The van der Waals surface area contributed by atoms with Gasteiger partial charge in [-0.3, -0.25) is 0 Å². The van der Waals surface area contributed by atoms with Gasteiger partial charge in [-0.25, -0.2) is 22.5 Å². The minimum atomic E-state index is -3.29. The first-order chi connectivity index (χ1) is 10.6. The van der Waals surface area contributed by atoms with Gasteiger partial charge in [-0.2, -0.15) is 0 Å². The van der Waals surface area contributed by atoms with E-state index in [2.05, 4.69) is 20.3 Å². The van der Waals surface area contributed by atoms with E-state index >= 15 is 0 Å². The lowest BCUT2D eigenvalue weighted by atomic mass is 10.1. The number of hydrogen-bond donors (Lipinski definition) is 3. The number of aliphatic imine (C=N–C) groups is 1. The molecule has 8 heteroatoms. The molecule has 1 rings (SSSR count). The SMILES string of the molecule is CCNC(=NCc1ccc(F)cc1)NCC(C)(C)NS(C)(=O)=O. The zero-order valence-corrected chi connectivity index (χ0v) is 14.8. The summed E-state index contributed by atoms with van der Waals surface area (Å²) in [6, 6.07) is 6.14. The molecular formula is C15H25FN4O2S. The van der Waals surface area contributed by atoms with Gasteiger partial charge in [0, 0.05) is 18.6 Å². The maximum atomic E-state index is 12.9. The van der Waals surface area contributed by atoms with Crippen molar-refractivity contribution in [1.82, 2.24) is 15.4 Å². The molecule has 3 N–H and O–H groups in total. The van der Waals surface area contributed by atoms with Crippen LogP contribution in [0.5, 0.6) is 0 Å². The molecule has 0 bridgehead atoms. The Morgan fingerprint density at radius 3 is 2.35 bits per heavy atom. The summed E-state index contributed by atoms with van der Waals surface area (Å²) in [7, 11) is -3.29. The van der Waals surface area contributed by atoms with Crippen LogP contribution < -0.4 is 15.4 Å². The molecule has 130 valence electrons. The van der Waals surface area contributed by atoms with E-state index in [1.165, 1.54) is 12.1 Å². The summed E-state index contributed by atoms with van der Waals surface area (Å²) in [5, 5.41) is 6.19. The molecule has 0 radical (unpaired) electrons. The number of nitrogens with zero attached hydrogens (tertiary/aromatic N) is 1. The van der Waals surface area contributed by atoms with Gasteiger partial charge in [-0.15, -0.1) is 0 Å². The minimum absolute atomic E-state index is 0.281. The third-order valence-electron chi connectivity index (χ3n) is 2.84. The molecule has 0 heterocycles. The zero-order valence-electron chi connectivity index (χ0n) is 14.0. The van der Waals surface area contributed by atoms with Crippen molar-refractivity contribution in [1.29, 1.82) is 0 Å². The van der Waals surface area contributed by atoms with Crippen molar-refractivity contribution in [2.24, 2.45) is 4.99 Å². The van der Waals surface area contributed by atoms with Crippen LogP contribution >= 0.6 is 0 Å². The maximum absolute atomic E-state index is 12.9. The van der Waals surface area contributed by atoms with E-state index in [4.69, 9.17) is 0 Å². The maximum Gasteiger partial charge on any atom is 0.209 e. The third-order valence-corrected chi connectivity index (χ3v) is 3.76. The van der Waals surface area contributed by atoms with Crippen LogP contribution in [0.1, 0.15) is 26.3 Å². The summed E-state index contributed by atoms with van der Waals surface area (Å²) in [6.45, 7) is 6.95. The molecule has 0 unspecified atom stereocenters. The number of sulfonamides is 1. The monoisotopic (exact) mass is 344 g/mol. The molecule has 6 nitrogen and oxygen atoms in total. The summed E-state index contributed by atoms with van der Waals surface area (Å²) in [5.41, 5.74) is 0.233. The molecule has 1 aromatic rings. The van der Waals surface area contributed by atoms with E-state index in [1.807, 2.05) is 6.92 Å². The Morgan fingerprint density at radius 1 is 1.22 bits per heavy atom. The van der Waals surface area contributed by atoms with Crippen molar-refractivity contribution in [3.63, 3.8) is 0 Å². The molecule has 0 aliphatic carbocycles. The van der Waals surface area contributed by atoms with Gasteiger partial charge < -0.3 is 10.6 Å². The second kappa shape index (κ2) is 8.26. The van der Waals surface area contributed by atoms with E-state index in [1.54, 1.807) is 26.0 Å². The Labute approximate surface area is 137 Å². The van der Waals surface area contributed by atoms with E-state index in [0.29, 0.717) is 25.6 Å². The fraction of sp³-hybridized carbons (Fsp3) is 0.533. The quantitative estimate of drug-likeness (QED) is 0.513. The summed E-state index contributed by atoms with van der Waals surface area (Å²) >= 11 is 0. The zero-order chi connectivity index (χ0) is 17.5. The van der Waals surface area contributed by atoms with Gasteiger partial charge in [0.15, 0.2) is 5.96 Å². The Balaban J connectivity index is 2.67. The van der Waals surface area contributed by atoms with Gasteiger partial charge in [-0.1, -0.05) is 12.1 Å². The van der Waals surface area contributed by atoms with E-state index < -0.39 is 15.6 Å². The largest absolute Gasteiger partial charge is 0.357 e. The van der Waals surface area contributed by atoms with E-state index in [-0.39, 0.29) is 5.82 Å². The van der Waals surface area contributed by atoms with Crippen LogP contribution in [0.25, 0.3) is 0 Å². The van der Waals surface area contributed by atoms with Crippen molar-refractivity contribution in [3.05, 3.63) is 35.6 Å². The lowest BCUT2D eigenvalue weighted by Crippen LogP contribution is -2.53. The fourth-order valence-electron chi connectivity index (χ4n) is 1.94. The molecule has 23 heavy (non-hydrogen) atoms. The van der Waals surface area contributed by atoms with E-state index in [0.717, 1.165) is 11.8 Å². The molecular weight excluding hydrogens is 319 g/mol. The first-order valence-electron chi connectivity index (χ1n) is 7.37. The van der Waals surface area contributed by atoms with Crippen LogP contribution in [-0.4, -0.2) is 39.3 Å². The van der Waals surface area contributed by atoms with Crippen molar-refractivity contribution in [3.8, 4) is 0 Å². The molecule has 0 atom stereocenters. The lowest BCUT2D eigenvalue weighted by molar-refractivity contribution is 0.446. The predicted octanol–water partition coefficient (Wildman–Crippen LogP) is 1.21. The van der Waals surface area contributed by atoms with E-state index in [9.17, 15) is 12.8 Å². The summed E-state index contributed by atoms with van der Waals surface area (Å²) in [6.07, 6.45) is 1.13. The molecule has 0 aromatic heterocycles. The standard InChI is InChI=1S/C15H25FN4O2S/c1-5-17-14(18-10-12-6-8-13(16)9-7-12)19-11-15(2,3)20-23(4,21)22/h6-9,20H,5,10-11H2,1-4H3,(H2,17,18,19). The summed E-state index contributed by atoms with van der Waals surface area (Å²) < 4.78 is 38.1. The van der Waals surface area contributed by atoms with Gasteiger partial charge in [0.1, 0.15) is 5.82 Å². The summed E-state index contributed by atoms with van der Waals surface area (Å²) in [5.74, 6) is 0.288. The average molecular weight is 344 g/mol. The molecule has 0 aliphatic heterocycles. The van der Waals surface area contributed by atoms with Crippen LogP contribution in [-0.2, 0) is 16.6 Å². The van der Waals surface area contributed by atoms with Gasteiger partial charge in [-0.05, 0) is 38.5 Å². The first kappa shape index (κ1) is 19.4. The lowest BCUT2D eigenvalue weighted by Gasteiger charge is -2.26. The van der Waals surface area contributed by atoms with Gasteiger partial charge >= 0.3 is 0 Å². The summed E-state index contributed by atoms with van der Waals surface area (Å²) in [4.78, 5) is 4.41. The number of halogens is 1. The van der Waals surface area contributed by atoms with Crippen molar-refractivity contribution < 1.29 is 12.8 Å². The highest BCUT2D eigenvalue weighted by molar-refractivity contribution is 7.88. The second-order valence-electron chi connectivity index (χ2n) is 5.93. The second-order valence-corrected chi connectivity index (χ2v) is 7.68. The Bertz CT molecular complexity index is 627. The topological polar surface area (TPSA) is 82.6 Å². The van der Waals surface area contributed by atoms with Crippen LogP contribution in [0, 0.1) is 5.82 Å². The average Bonchev–Trinajstić information content (AvgIpc) is 2.41. The number of guanidine groups is 1. The predicted molar refractivity (Wildman–Crippen MR) is 91.3 cm³/mol. The molecule has 1 aromatic carbocycles. The highest BCUT2D eigenvalue weighted by Crippen LogP contribution is 2.04. The minimum Gasteiger partial charge on any atom is -0.357 e. The third kappa shape index (κ3) is 8.51. The number of rotatable bonds is 7. The number of nitrogens with one attached hydrogen (secondary N) is 3. The van der Waals surface area contributed by atoms with Gasteiger partial charge in [0.05, 0.1) is 12.8 Å². The highest BCUT2D eigenvalue weighted by atomic mass is 32.2. The van der Waals surface area contributed by atoms with Crippen LogP contribution in [0.15, 0.2) is 29.3 Å². The smallest absolute Gasteiger partial charge is 0.209 e. The first-order valence-corrected chi connectivity index (χ1v) is 9.26. The van der Waals surface area contributed by atoms with Crippen LogP contribution in [0.3, 0.4) is 0 Å². The number of benzene rings is 1. The Morgan fingerprint density at radius 2 is 1.83 bits per heavy atom. The molecule has 0 aliphatic rings. The van der Waals surface area contributed by atoms with Crippen LogP contribution in [0.2, 0.25) is 0 Å². The highest BCUT2D eigenvalue weighted by Gasteiger charge is 2.22. The fourth-order valence-corrected chi connectivity index (χ4v) is 3.02. The Hall–Kier alpha value is -1.67. The molecule has 0 amide bonds. The Kier molecular flexibility index (Phi) is 6.96. The van der Waals surface area contributed by atoms with Crippen molar-refractivity contribution in [2.45, 2.75) is 32.9 Å². The molecule has 0 saturated heterocycles.